The molecule has 1 unspecified atom stereocenters. The number of rotatable bonds is 10. The molecule has 0 saturated heterocycles. The van der Waals surface area contributed by atoms with Crippen molar-refractivity contribution in [2.24, 2.45) is 5.92 Å². The molecule has 3 nitrogen and oxygen atoms in total. The van der Waals surface area contributed by atoms with E-state index in [2.05, 4.69) is 24.4 Å². The van der Waals surface area contributed by atoms with Crippen LogP contribution in [0.25, 0.3) is 0 Å². The highest BCUT2D eigenvalue weighted by Gasteiger charge is 2.18. The van der Waals surface area contributed by atoms with Crippen molar-refractivity contribution in [3.8, 4) is 0 Å². The van der Waals surface area contributed by atoms with Crippen LogP contribution in [0.1, 0.15) is 44.6 Å². The van der Waals surface area contributed by atoms with E-state index in [1.165, 1.54) is 5.56 Å². The summed E-state index contributed by atoms with van der Waals surface area (Å²) in [6.07, 6.45) is 7.11. The Labute approximate surface area is 121 Å². The number of hydrogen-bond donors (Lipinski definition) is 1. The third-order valence-electron chi connectivity index (χ3n) is 3.38. The van der Waals surface area contributed by atoms with E-state index >= 15 is 0 Å². The fraction of sp³-hybridized carbons (Fsp3) is 0.529. The van der Waals surface area contributed by atoms with Gasteiger partial charge in [-0.1, -0.05) is 56.5 Å². The van der Waals surface area contributed by atoms with Crippen molar-refractivity contribution < 1.29 is 9.59 Å². The van der Waals surface area contributed by atoms with Crippen LogP contribution in [0.4, 0.5) is 0 Å². The first kappa shape index (κ1) is 16.4. The second-order valence-corrected chi connectivity index (χ2v) is 5.07. The van der Waals surface area contributed by atoms with Gasteiger partial charge in [0.1, 0.15) is 0 Å². The Morgan fingerprint density at radius 3 is 2.65 bits per heavy atom. The molecule has 0 bridgehead atoms. The van der Waals surface area contributed by atoms with Gasteiger partial charge in [-0.3, -0.25) is 9.59 Å². The SMILES string of the molecule is CCCCCC(Cc1ccccc1)C(=O)NCC[C]=O. The van der Waals surface area contributed by atoms with Gasteiger partial charge in [-0.2, -0.15) is 0 Å². The molecule has 0 aliphatic rings. The Kier molecular flexibility index (Phi) is 8.36. The highest BCUT2D eigenvalue weighted by Crippen LogP contribution is 2.16. The normalized spacial score (nSPS) is 11.8. The number of carbonyl (C=O) groups excluding carboxylic acids is 2. The van der Waals surface area contributed by atoms with Gasteiger partial charge in [0.2, 0.25) is 5.91 Å². The molecule has 0 saturated carbocycles. The van der Waals surface area contributed by atoms with Gasteiger partial charge < -0.3 is 5.32 Å². The molecule has 0 aliphatic heterocycles. The number of nitrogens with one attached hydrogen (secondary N) is 1. The lowest BCUT2D eigenvalue weighted by molar-refractivity contribution is -0.125. The summed E-state index contributed by atoms with van der Waals surface area (Å²) in [6, 6.07) is 10.1. The van der Waals surface area contributed by atoms with Crippen LogP contribution >= 0.6 is 0 Å². The Morgan fingerprint density at radius 2 is 2.00 bits per heavy atom. The third kappa shape index (κ3) is 6.50. The fourth-order valence-corrected chi connectivity index (χ4v) is 2.25. The molecule has 0 aliphatic carbocycles. The van der Waals surface area contributed by atoms with Gasteiger partial charge in [-0.15, -0.1) is 0 Å². The van der Waals surface area contributed by atoms with Gasteiger partial charge in [-0.05, 0) is 18.4 Å². The molecule has 1 atom stereocenters. The fourth-order valence-electron chi connectivity index (χ4n) is 2.25. The molecule has 0 fully saturated rings. The van der Waals surface area contributed by atoms with Crippen molar-refractivity contribution in [1.82, 2.24) is 5.32 Å². The van der Waals surface area contributed by atoms with Crippen LogP contribution in [-0.4, -0.2) is 18.7 Å². The summed E-state index contributed by atoms with van der Waals surface area (Å²) in [5.74, 6) is 0.0517. The highest BCUT2D eigenvalue weighted by atomic mass is 16.2. The summed E-state index contributed by atoms with van der Waals surface area (Å²) in [7, 11) is 0. The average Bonchev–Trinajstić information content (AvgIpc) is 2.47. The van der Waals surface area contributed by atoms with E-state index < -0.39 is 0 Å². The molecule has 109 valence electrons. The van der Waals surface area contributed by atoms with E-state index in [4.69, 9.17) is 0 Å². The van der Waals surface area contributed by atoms with Crippen LogP contribution in [0.5, 0.6) is 0 Å². The summed E-state index contributed by atoms with van der Waals surface area (Å²) < 4.78 is 0. The molecule has 1 radical (unpaired) electrons. The van der Waals surface area contributed by atoms with Crippen molar-refractivity contribution in [1.29, 1.82) is 0 Å². The van der Waals surface area contributed by atoms with Crippen molar-refractivity contribution in [3.05, 3.63) is 35.9 Å². The molecular weight excluding hydrogens is 250 g/mol. The predicted octanol–water partition coefficient (Wildman–Crippen LogP) is 3.04. The first-order valence-corrected chi connectivity index (χ1v) is 7.44. The van der Waals surface area contributed by atoms with Crippen LogP contribution in [0, 0.1) is 5.92 Å². The van der Waals surface area contributed by atoms with Crippen molar-refractivity contribution in [2.75, 3.05) is 6.54 Å². The molecule has 0 heterocycles. The minimum absolute atomic E-state index is 0.00407. The zero-order valence-corrected chi connectivity index (χ0v) is 12.2. The average molecular weight is 274 g/mol. The molecule has 1 aromatic carbocycles. The van der Waals surface area contributed by atoms with Crippen LogP contribution in [0.3, 0.4) is 0 Å². The minimum Gasteiger partial charge on any atom is -0.355 e. The smallest absolute Gasteiger partial charge is 0.223 e. The number of unbranched alkanes of at least 4 members (excludes halogenated alkanes) is 2. The van der Waals surface area contributed by atoms with Gasteiger partial charge in [0, 0.05) is 18.9 Å². The van der Waals surface area contributed by atoms with Gasteiger partial charge in [0.25, 0.3) is 0 Å². The van der Waals surface area contributed by atoms with Crippen molar-refractivity contribution >= 4 is 12.2 Å². The molecule has 1 rings (SSSR count). The van der Waals surface area contributed by atoms with Crippen LogP contribution in [0.15, 0.2) is 30.3 Å². The van der Waals surface area contributed by atoms with E-state index in [0.717, 1.165) is 32.1 Å². The number of carbonyl (C=O) groups is 1. The number of benzene rings is 1. The van der Waals surface area contributed by atoms with Gasteiger partial charge >= 0.3 is 0 Å². The second-order valence-electron chi connectivity index (χ2n) is 5.07. The maximum Gasteiger partial charge on any atom is 0.223 e. The standard InChI is InChI=1S/C17H24NO2/c1-2-3-5-11-16(17(20)18-12-8-13-19)14-15-9-6-4-7-10-15/h4,6-7,9-10,16H,2-3,5,8,11-12,14H2,1H3,(H,18,20). The molecule has 1 amide bonds. The Morgan fingerprint density at radius 1 is 1.25 bits per heavy atom. The molecular formula is C17H24NO2. The highest BCUT2D eigenvalue weighted by molar-refractivity contribution is 5.79. The van der Waals surface area contributed by atoms with Crippen LogP contribution in [-0.2, 0) is 16.0 Å². The first-order chi connectivity index (χ1) is 9.77. The summed E-state index contributed by atoms with van der Waals surface area (Å²) >= 11 is 0. The van der Waals surface area contributed by atoms with E-state index in [9.17, 15) is 9.59 Å². The van der Waals surface area contributed by atoms with Gasteiger partial charge in [-0.25, -0.2) is 0 Å². The monoisotopic (exact) mass is 274 g/mol. The second kappa shape index (κ2) is 10.2. The molecule has 0 aromatic heterocycles. The topological polar surface area (TPSA) is 46.2 Å². The van der Waals surface area contributed by atoms with Crippen molar-refractivity contribution in [2.45, 2.75) is 45.4 Å². The Bertz CT molecular complexity index is 389. The lowest BCUT2D eigenvalue weighted by Crippen LogP contribution is -2.32. The van der Waals surface area contributed by atoms with Crippen LogP contribution in [0.2, 0.25) is 0 Å². The summed E-state index contributed by atoms with van der Waals surface area (Å²) in [5.41, 5.74) is 1.19. The maximum atomic E-state index is 12.2. The van der Waals surface area contributed by atoms with E-state index in [0.29, 0.717) is 6.54 Å². The summed E-state index contributed by atoms with van der Waals surface area (Å²) in [4.78, 5) is 22.4. The zero-order chi connectivity index (χ0) is 14.6. The molecule has 20 heavy (non-hydrogen) atoms. The third-order valence-corrected chi connectivity index (χ3v) is 3.38. The molecule has 0 spiro atoms. The summed E-state index contributed by atoms with van der Waals surface area (Å²) in [5, 5.41) is 2.83. The lowest BCUT2D eigenvalue weighted by atomic mass is 9.93. The first-order valence-electron chi connectivity index (χ1n) is 7.44. The number of hydrogen-bond acceptors (Lipinski definition) is 2. The number of amides is 1. The van der Waals surface area contributed by atoms with Crippen molar-refractivity contribution in [3.63, 3.8) is 0 Å². The Hall–Kier alpha value is -1.64. The van der Waals surface area contributed by atoms with E-state index in [1.807, 2.05) is 18.2 Å². The zero-order valence-electron chi connectivity index (χ0n) is 12.2. The quantitative estimate of drug-likeness (QED) is 0.667. The molecule has 1 aromatic rings. The minimum atomic E-state index is -0.00407. The largest absolute Gasteiger partial charge is 0.355 e. The van der Waals surface area contributed by atoms with Gasteiger partial charge in [0.15, 0.2) is 6.29 Å². The Balaban J connectivity index is 2.54. The summed E-state index contributed by atoms with van der Waals surface area (Å²) in [6.45, 7) is 2.55. The molecule has 3 heteroatoms. The molecule has 1 N–H and O–H groups in total. The van der Waals surface area contributed by atoms with Gasteiger partial charge in [0.05, 0.1) is 0 Å². The van der Waals surface area contributed by atoms with E-state index in [-0.39, 0.29) is 18.2 Å². The predicted molar refractivity (Wildman–Crippen MR) is 81.1 cm³/mol. The van der Waals surface area contributed by atoms with E-state index in [1.54, 1.807) is 6.29 Å². The van der Waals surface area contributed by atoms with Crippen LogP contribution < -0.4 is 5.32 Å². The maximum absolute atomic E-state index is 12.2. The lowest BCUT2D eigenvalue weighted by Gasteiger charge is -2.16.